The molecule has 0 saturated carbocycles. The molecule has 0 aliphatic carbocycles. The van der Waals surface area contributed by atoms with Crippen LogP contribution in [0.15, 0.2) is 58.4 Å². The van der Waals surface area contributed by atoms with E-state index in [-0.39, 0.29) is 18.3 Å². The van der Waals surface area contributed by atoms with E-state index in [9.17, 15) is 9.59 Å². The van der Waals surface area contributed by atoms with Crippen LogP contribution in [0.3, 0.4) is 0 Å². The summed E-state index contributed by atoms with van der Waals surface area (Å²) >= 11 is 1.26. The largest absolute Gasteiger partial charge is 0.466 e. The van der Waals surface area contributed by atoms with Crippen LogP contribution in [0.5, 0.6) is 0 Å². The van der Waals surface area contributed by atoms with E-state index < -0.39 is 0 Å². The molecule has 8 heteroatoms. The summed E-state index contributed by atoms with van der Waals surface area (Å²) in [4.78, 5) is 28.5. The van der Waals surface area contributed by atoms with E-state index in [0.29, 0.717) is 34.3 Å². The van der Waals surface area contributed by atoms with Gasteiger partial charge in [-0.1, -0.05) is 35.5 Å². The summed E-state index contributed by atoms with van der Waals surface area (Å²) < 4.78 is 10.4. The molecule has 0 atom stereocenters. The van der Waals surface area contributed by atoms with Gasteiger partial charge in [-0.3, -0.25) is 14.9 Å². The zero-order valence-electron chi connectivity index (χ0n) is 15.5. The summed E-state index contributed by atoms with van der Waals surface area (Å²) in [6.45, 7) is 2.07. The second-order valence-electron chi connectivity index (χ2n) is 6.19. The average molecular weight is 407 g/mol. The maximum atomic E-state index is 12.7. The molecular formula is C21H17N3O4S. The quantitative estimate of drug-likeness (QED) is 0.479. The molecule has 4 rings (SSSR count). The Morgan fingerprint density at radius 1 is 1.17 bits per heavy atom. The van der Waals surface area contributed by atoms with Crippen molar-refractivity contribution in [1.29, 1.82) is 0 Å². The predicted molar refractivity (Wildman–Crippen MR) is 110 cm³/mol. The monoisotopic (exact) mass is 407 g/mol. The van der Waals surface area contributed by atoms with Crippen molar-refractivity contribution in [3.05, 3.63) is 65.2 Å². The molecule has 0 bridgehead atoms. The van der Waals surface area contributed by atoms with Crippen molar-refractivity contribution >= 4 is 39.2 Å². The summed E-state index contributed by atoms with van der Waals surface area (Å²) in [6.07, 6.45) is 0.0767. The molecule has 0 aliphatic rings. The smallest absolute Gasteiger partial charge is 0.311 e. The number of ether oxygens (including phenoxy) is 1. The molecule has 0 fully saturated rings. The molecule has 0 aliphatic heterocycles. The molecule has 4 aromatic rings. The third-order valence-electron chi connectivity index (χ3n) is 4.18. The summed E-state index contributed by atoms with van der Waals surface area (Å²) in [5.74, 6) is -0.0348. The van der Waals surface area contributed by atoms with Crippen LogP contribution < -0.4 is 5.32 Å². The maximum Gasteiger partial charge on any atom is 0.311 e. The van der Waals surface area contributed by atoms with Crippen molar-refractivity contribution in [2.24, 2.45) is 0 Å². The molecule has 0 saturated heterocycles. The minimum Gasteiger partial charge on any atom is -0.466 e. The van der Waals surface area contributed by atoms with Gasteiger partial charge >= 0.3 is 5.97 Å². The van der Waals surface area contributed by atoms with E-state index in [4.69, 9.17) is 9.26 Å². The molecule has 2 aromatic carbocycles. The fourth-order valence-corrected chi connectivity index (χ4v) is 3.56. The molecule has 146 valence electrons. The highest BCUT2D eigenvalue weighted by molar-refractivity contribution is 7.14. The number of benzene rings is 2. The van der Waals surface area contributed by atoms with Gasteiger partial charge in [0, 0.05) is 16.5 Å². The molecule has 2 heterocycles. The number of aromatic nitrogens is 2. The normalized spacial score (nSPS) is 10.8. The first-order valence-electron chi connectivity index (χ1n) is 9.00. The van der Waals surface area contributed by atoms with E-state index in [1.54, 1.807) is 30.5 Å². The Hall–Kier alpha value is -3.52. The van der Waals surface area contributed by atoms with Gasteiger partial charge in [-0.2, -0.15) is 0 Å². The third-order valence-corrected chi connectivity index (χ3v) is 4.98. The Balaban J connectivity index is 1.53. The van der Waals surface area contributed by atoms with Crippen LogP contribution >= 0.6 is 11.3 Å². The topological polar surface area (TPSA) is 94.3 Å². The van der Waals surface area contributed by atoms with Crippen LogP contribution in [0.4, 0.5) is 5.13 Å². The van der Waals surface area contributed by atoms with Gasteiger partial charge in [0.05, 0.1) is 24.1 Å². The van der Waals surface area contributed by atoms with Crippen molar-refractivity contribution in [3.8, 4) is 11.3 Å². The fraction of sp³-hybridized carbons (Fsp3) is 0.143. The lowest BCUT2D eigenvalue weighted by atomic mass is 10.1. The Morgan fingerprint density at radius 3 is 2.79 bits per heavy atom. The minimum atomic E-state index is -0.345. The van der Waals surface area contributed by atoms with Gasteiger partial charge in [0.2, 0.25) is 0 Å². The number of nitrogens with one attached hydrogen (secondary N) is 1. The number of fused-ring (bicyclic) bond motifs is 1. The number of esters is 1. The number of amides is 1. The molecule has 2 aromatic heterocycles. The average Bonchev–Trinajstić information content (AvgIpc) is 3.35. The number of rotatable bonds is 6. The van der Waals surface area contributed by atoms with Gasteiger partial charge in [-0.15, -0.1) is 11.3 Å². The Morgan fingerprint density at radius 2 is 2.00 bits per heavy atom. The van der Waals surface area contributed by atoms with Crippen molar-refractivity contribution in [2.45, 2.75) is 13.3 Å². The Bertz CT molecular complexity index is 1170. The summed E-state index contributed by atoms with van der Waals surface area (Å²) in [6, 6.07) is 14.8. The van der Waals surface area contributed by atoms with E-state index in [1.165, 1.54) is 11.3 Å². The van der Waals surface area contributed by atoms with Gasteiger partial charge in [0.1, 0.15) is 5.52 Å². The first kappa shape index (κ1) is 18.8. The molecule has 0 spiro atoms. The highest BCUT2D eigenvalue weighted by Gasteiger charge is 2.15. The summed E-state index contributed by atoms with van der Waals surface area (Å²) in [7, 11) is 0. The number of carbonyl (C=O) groups excluding carboxylic acids is 2. The highest BCUT2D eigenvalue weighted by atomic mass is 32.1. The molecular weight excluding hydrogens is 390 g/mol. The summed E-state index contributed by atoms with van der Waals surface area (Å²) in [5.41, 5.74) is 2.58. The van der Waals surface area contributed by atoms with Gasteiger partial charge in [-0.25, -0.2) is 4.98 Å². The number of hydrogen-bond donors (Lipinski definition) is 1. The van der Waals surface area contributed by atoms with Crippen LogP contribution in [-0.4, -0.2) is 28.6 Å². The molecule has 0 unspecified atom stereocenters. The zero-order valence-corrected chi connectivity index (χ0v) is 16.4. The van der Waals surface area contributed by atoms with Crippen LogP contribution in [0, 0.1) is 0 Å². The standard InChI is InChI=1S/C21H17N3O4S/c1-2-27-18(25)11-15-12-29-21(22-15)23-20(26)14-8-9-17-16(10-14)19(28-24-17)13-6-4-3-5-7-13/h3-10,12H,2,11H2,1H3,(H,22,23,26). The SMILES string of the molecule is CCOC(=O)Cc1csc(NC(=O)c2ccc3noc(-c4ccccc4)c3c2)n1. The third kappa shape index (κ3) is 4.17. The van der Waals surface area contributed by atoms with E-state index in [2.05, 4.69) is 15.5 Å². The Kier molecular flexibility index (Phi) is 5.35. The van der Waals surface area contributed by atoms with Gasteiger partial charge < -0.3 is 9.26 Å². The van der Waals surface area contributed by atoms with Crippen LogP contribution in [-0.2, 0) is 16.0 Å². The molecule has 29 heavy (non-hydrogen) atoms. The van der Waals surface area contributed by atoms with E-state index >= 15 is 0 Å². The first-order valence-corrected chi connectivity index (χ1v) is 9.88. The lowest BCUT2D eigenvalue weighted by molar-refractivity contribution is -0.142. The minimum absolute atomic E-state index is 0.0767. The van der Waals surface area contributed by atoms with Crippen LogP contribution in [0.25, 0.3) is 22.2 Å². The molecule has 7 nitrogen and oxygen atoms in total. The summed E-state index contributed by atoms with van der Waals surface area (Å²) in [5, 5.41) is 9.73. The number of thiazole rings is 1. The van der Waals surface area contributed by atoms with Crippen molar-refractivity contribution in [1.82, 2.24) is 10.1 Å². The predicted octanol–water partition coefficient (Wildman–Crippen LogP) is 4.31. The number of carbonyl (C=O) groups is 2. The molecule has 1 amide bonds. The lowest BCUT2D eigenvalue weighted by Gasteiger charge is -2.02. The number of anilines is 1. The maximum absolute atomic E-state index is 12.7. The van der Waals surface area contributed by atoms with E-state index in [0.717, 1.165) is 10.9 Å². The number of hydrogen-bond acceptors (Lipinski definition) is 7. The van der Waals surface area contributed by atoms with Gasteiger partial charge in [0.15, 0.2) is 10.9 Å². The molecule has 1 N–H and O–H groups in total. The first-order chi connectivity index (χ1) is 14.1. The van der Waals surface area contributed by atoms with E-state index in [1.807, 2.05) is 30.3 Å². The van der Waals surface area contributed by atoms with Crippen molar-refractivity contribution in [2.75, 3.05) is 11.9 Å². The Labute approximate surface area is 170 Å². The van der Waals surface area contributed by atoms with Crippen molar-refractivity contribution < 1.29 is 18.8 Å². The lowest BCUT2D eigenvalue weighted by Crippen LogP contribution is -2.12. The number of nitrogens with zero attached hydrogens (tertiary/aromatic N) is 2. The van der Waals surface area contributed by atoms with Gasteiger partial charge in [-0.05, 0) is 25.1 Å². The van der Waals surface area contributed by atoms with Crippen molar-refractivity contribution in [3.63, 3.8) is 0 Å². The second kappa shape index (κ2) is 8.24. The molecule has 0 radical (unpaired) electrons. The van der Waals surface area contributed by atoms with Crippen LogP contribution in [0.2, 0.25) is 0 Å². The second-order valence-corrected chi connectivity index (χ2v) is 7.05. The highest BCUT2D eigenvalue weighted by Crippen LogP contribution is 2.29. The fourth-order valence-electron chi connectivity index (χ4n) is 2.86. The van der Waals surface area contributed by atoms with Gasteiger partial charge in [0.25, 0.3) is 5.91 Å². The van der Waals surface area contributed by atoms with Crippen LogP contribution in [0.1, 0.15) is 23.0 Å². The zero-order chi connectivity index (χ0) is 20.2.